The lowest BCUT2D eigenvalue weighted by Gasteiger charge is -2.10. The van der Waals surface area contributed by atoms with Crippen molar-refractivity contribution in [3.63, 3.8) is 0 Å². The molecule has 0 unspecified atom stereocenters. The van der Waals surface area contributed by atoms with Crippen molar-refractivity contribution in [1.82, 2.24) is 5.32 Å². The molecule has 0 radical (unpaired) electrons. The molecule has 138 valence electrons. The summed E-state index contributed by atoms with van der Waals surface area (Å²) in [5.74, 6) is -0.651. The highest BCUT2D eigenvalue weighted by atomic mass is 32.2. The molecule has 1 aromatic heterocycles. The van der Waals surface area contributed by atoms with E-state index in [1.54, 1.807) is 13.8 Å². The molecule has 10 heteroatoms. The predicted octanol–water partition coefficient (Wildman–Crippen LogP) is 3.44. The van der Waals surface area contributed by atoms with Gasteiger partial charge in [-0.3, -0.25) is 4.79 Å². The maximum atomic E-state index is 12.4. The maximum Gasteiger partial charge on any atom is 0.534 e. The highest BCUT2D eigenvalue weighted by Crippen LogP contribution is 2.32. The molecule has 0 saturated heterocycles. The molecule has 0 aliphatic rings. The largest absolute Gasteiger partial charge is 0.534 e. The van der Waals surface area contributed by atoms with Crippen LogP contribution in [0, 0.1) is 5.92 Å². The molecule has 0 spiro atoms. The van der Waals surface area contributed by atoms with Crippen molar-refractivity contribution >= 4 is 37.4 Å². The quantitative estimate of drug-likeness (QED) is 0.601. The molecule has 0 aliphatic carbocycles. The molecule has 0 atom stereocenters. The molecule has 1 N–H and O–H groups in total. The first-order valence-electron chi connectivity index (χ1n) is 7.30. The number of carbonyl (C=O) groups is 1. The second kappa shape index (κ2) is 7.20. The van der Waals surface area contributed by atoms with Crippen LogP contribution >= 0.6 is 11.3 Å². The number of benzene rings is 1. The molecule has 2 aromatic rings. The van der Waals surface area contributed by atoms with E-state index in [0.29, 0.717) is 18.4 Å². The molecular weight excluding hydrogens is 379 g/mol. The average Bonchev–Trinajstić information content (AvgIpc) is 2.88. The van der Waals surface area contributed by atoms with Gasteiger partial charge in [-0.15, -0.1) is 11.3 Å². The van der Waals surface area contributed by atoms with E-state index >= 15 is 0 Å². The van der Waals surface area contributed by atoms with E-state index in [9.17, 15) is 26.4 Å². The van der Waals surface area contributed by atoms with Gasteiger partial charge in [0.1, 0.15) is 5.75 Å². The van der Waals surface area contributed by atoms with Gasteiger partial charge in [0.15, 0.2) is 0 Å². The van der Waals surface area contributed by atoms with Gasteiger partial charge in [0.25, 0.3) is 0 Å². The fourth-order valence-corrected chi connectivity index (χ4v) is 3.43. The molecule has 2 rings (SSSR count). The molecule has 0 fully saturated rings. The zero-order valence-corrected chi connectivity index (χ0v) is 15.0. The van der Waals surface area contributed by atoms with Gasteiger partial charge in [-0.2, -0.15) is 21.6 Å². The number of hydrogen-bond acceptors (Lipinski definition) is 5. The zero-order valence-electron chi connectivity index (χ0n) is 13.4. The lowest BCUT2D eigenvalue weighted by molar-refractivity contribution is -0.123. The third-order valence-electron chi connectivity index (χ3n) is 3.33. The lowest BCUT2D eigenvalue weighted by atomic mass is 10.1. The third kappa shape index (κ3) is 4.63. The molecule has 0 bridgehead atoms. The van der Waals surface area contributed by atoms with E-state index in [1.165, 1.54) is 29.5 Å². The van der Waals surface area contributed by atoms with Crippen molar-refractivity contribution in [3.05, 3.63) is 29.1 Å². The summed E-state index contributed by atoms with van der Waals surface area (Å²) in [6.07, 6.45) is 0.466. The summed E-state index contributed by atoms with van der Waals surface area (Å²) in [5.41, 5.74) is -4.69. The zero-order chi connectivity index (χ0) is 18.8. The van der Waals surface area contributed by atoms with Gasteiger partial charge in [0.2, 0.25) is 5.91 Å². The number of halogens is 3. The second-order valence-corrected chi connectivity index (χ2v) is 8.05. The van der Waals surface area contributed by atoms with Crippen LogP contribution in [0.4, 0.5) is 13.2 Å². The Morgan fingerprint density at radius 3 is 2.60 bits per heavy atom. The van der Waals surface area contributed by atoms with Gasteiger partial charge in [0, 0.05) is 17.2 Å². The molecule has 0 aliphatic heterocycles. The van der Waals surface area contributed by atoms with Crippen LogP contribution in [-0.2, 0) is 21.3 Å². The number of nitrogens with one attached hydrogen (secondary N) is 1. The third-order valence-corrected chi connectivity index (χ3v) is 5.32. The van der Waals surface area contributed by atoms with E-state index in [1.807, 2.05) is 5.38 Å². The van der Waals surface area contributed by atoms with E-state index < -0.39 is 21.4 Å². The minimum Gasteiger partial charge on any atom is -0.376 e. The first-order chi connectivity index (χ1) is 11.5. The number of amides is 1. The Morgan fingerprint density at radius 2 is 2.00 bits per heavy atom. The van der Waals surface area contributed by atoms with Gasteiger partial charge in [-0.05, 0) is 40.9 Å². The Morgan fingerprint density at radius 1 is 1.32 bits per heavy atom. The molecule has 1 amide bonds. The molecule has 0 saturated carbocycles. The summed E-state index contributed by atoms with van der Waals surface area (Å²) in [6, 6.07) is 3.93. The summed E-state index contributed by atoms with van der Waals surface area (Å²) in [7, 11) is -5.71. The van der Waals surface area contributed by atoms with E-state index in [-0.39, 0.29) is 11.8 Å². The van der Waals surface area contributed by atoms with Crippen LogP contribution in [-0.4, -0.2) is 26.4 Å². The fraction of sp³-hybridized carbons (Fsp3) is 0.400. The summed E-state index contributed by atoms with van der Waals surface area (Å²) in [4.78, 5) is 11.5. The predicted molar refractivity (Wildman–Crippen MR) is 89.0 cm³/mol. The van der Waals surface area contributed by atoms with Crippen LogP contribution in [0.15, 0.2) is 23.6 Å². The lowest BCUT2D eigenvalue weighted by Crippen LogP contribution is -2.29. The summed E-state index contributed by atoms with van der Waals surface area (Å²) < 4.78 is 64.4. The minimum absolute atomic E-state index is 0.0974. The number of fused-ring (bicyclic) bond motifs is 1. The summed E-state index contributed by atoms with van der Waals surface area (Å²) >= 11 is 1.37. The SMILES string of the molecule is CC(C)C(=O)NCCc1csc2ccc(OS(=O)(=O)C(F)(F)F)cc12. The Bertz CT molecular complexity index is 873. The van der Waals surface area contributed by atoms with Gasteiger partial charge >= 0.3 is 15.6 Å². The normalized spacial score (nSPS) is 12.6. The molecular formula is C15H16F3NO4S2. The number of rotatable bonds is 6. The Balaban J connectivity index is 2.18. The van der Waals surface area contributed by atoms with Crippen LogP contribution in [0.25, 0.3) is 10.1 Å². The van der Waals surface area contributed by atoms with Crippen LogP contribution in [0.2, 0.25) is 0 Å². The van der Waals surface area contributed by atoms with Gasteiger partial charge in [-0.25, -0.2) is 0 Å². The Labute approximate surface area is 146 Å². The summed E-state index contributed by atoms with van der Waals surface area (Å²) in [5, 5.41) is 5.16. The summed E-state index contributed by atoms with van der Waals surface area (Å²) in [6.45, 7) is 3.90. The van der Waals surface area contributed by atoms with Crippen molar-refractivity contribution in [1.29, 1.82) is 0 Å². The fourth-order valence-electron chi connectivity index (χ4n) is 2.00. The molecule has 25 heavy (non-hydrogen) atoms. The first kappa shape index (κ1) is 19.5. The van der Waals surface area contributed by atoms with Crippen molar-refractivity contribution in [2.45, 2.75) is 25.8 Å². The van der Waals surface area contributed by atoms with Crippen LogP contribution in [0.1, 0.15) is 19.4 Å². The maximum absolute atomic E-state index is 12.4. The van der Waals surface area contributed by atoms with Crippen molar-refractivity contribution in [2.24, 2.45) is 5.92 Å². The minimum atomic E-state index is -5.71. The Kier molecular flexibility index (Phi) is 5.62. The number of carbonyl (C=O) groups excluding carboxylic acids is 1. The molecule has 1 aromatic carbocycles. The van der Waals surface area contributed by atoms with Crippen LogP contribution in [0.5, 0.6) is 5.75 Å². The average molecular weight is 395 g/mol. The van der Waals surface area contributed by atoms with E-state index in [2.05, 4.69) is 9.50 Å². The molecule has 5 nitrogen and oxygen atoms in total. The van der Waals surface area contributed by atoms with Crippen LogP contribution < -0.4 is 9.50 Å². The Hall–Kier alpha value is -1.81. The highest BCUT2D eigenvalue weighted by molar-refractivity contribution is 7.88. The first-order valence-corrected chi connectivity index (χ1v) is 9.58. The van der Waals surface area contributed by atoms with Gasteiger partial charge in [0.05, 0.1) is 0 Å². The van der Waals surface area contributed by atoms with Gasteiger partial charge in [-0.1, -0.05) is 13.8 Å². The van der Waals surface area contributed by atoms with Crippen molar-refractivity contribution in [3.8, 4) is 5.75 Å². The smallest absolute Gasteiger partial charge is 0.376 e. The van der Waals surface area contributed by atoms with E-state index in [0.717, 1.165) is 10.3 Å². The highest BCUT2D eigenvalue weighted by Gasteiger charge is 2.48. The van der Waals surface area contributed by atoms with Gasteiger partial charge < -0.3 is 9.50 Å². The van der Waals surface area contributed by atoms with Crippen molar-refractivity contribution in [2.75, 3.05) is 6.54 Å². The topological polar surface area (TPSA) is 72.5 Å². The standard InChI is InChI=1S/C15H16F3NO4S2/c1-9(2)14(20)19-6-5-10-8-24-13-4-3-11(7-12(10)13)23-25(21,22)15(16,17)18/h3-4,7-9H,5-6H2,1-2H3,(H,19,20). The molecule has 1 heterocycles. The van der Waals surface area contributed by atoms with Crippen molar-refractivity contribution < 1.29 is 30.6 Å². The number of hydrogen-bond donors (Lipinski definition) is 1. The van der Waals surface area contributed by atoms with Crippen LogP contribution in [0.3, 0.4) is 0 Å². The monoisotopic (exact) mass is 395 g/mol. The second-order valence-electron chi connectivity index (χ2n) is 5.60. The number of alkyl halides is 3. The number of thiophene rings is 1. The van der Waals surface area contributed by atoms with E-state index in [4.69, 9.17) is 0 Å².